The largest absolute Gasteiger partial charge is 0.308 e. The molecule has 0 fully saturated rings. The van der Waals surface area contributed by atoms with E-state index >= 15 is 0 Å². The van der Waals surface area contributed by atoms with E-state index in [4.69, 9.17) is 0 Å². The van der Waals surface area contributed by atoms with Gasteiger partial charge in [-0.3, -0.25) is 4.79 Å². The van der Waals surface area contributed by atoms with Crippen molar-refractivity contribution in [3.05, 3.63) is 76.2 Å². The summed E-state index contributed by atoms with van der Waals surface area (Å²) in [6, 6.07) is 18.0. The molecule has 1 aromatic heterocycles. The van der Waals surface area contributed by atoms with Gasteiger partial charge in [0.2, 0.25) is 0 Å². The Morgan fingerprint density at radius 3 is 2.55 bits per heavy atom. The first-order valence-electron chi connectivity index (χ1n) is 7.40. The predicted molar refractivity (Wildman–Crippen MR) is 88.7 cm³/mol. The van der Waals surface area contributed by atoms with Crippen LogP contribution in [0.4, 0.5) is 0 Å². The lowest BCUT2D eigenvalue weighted by atomic mass is 10.1. The van der Waals surface area contributed by atoms with E-state index in [1.165, 1.54) is 5.56 Å². The fourth-order valence-corrected chi connectivity index (χ4v) is 2.56. The monoisotopic (exact) mass is 293 g/mol. The van der Waals surface area contributed by atoms with E-state index in [2.05, 4.69) is 29.4 Å². The first-order chi connectivity index (χ1) is 10.7. The molecule has 0 aliphatic heterocycles. The maximum Gasteiger partial charge on any atom is 0.273 e. The molecule has 112 valence electrons. The van der Waals surface area contributed by atoms with E-state index in [0.717, 1.165) is 11.0 Å². The highest BCUT2D eigenvalue weighted by molar-refractivity contribution is 5.74. The lowest BCUT2D eigenvalue weighted by Crippen LogP contribution is -2.28. The minimum atomic E-state index is -0.0496. The van der Waals surface area contributed by atoms with Crippen LogP contribution < -0.4 is 10.9 Å². The number of aromatic nitrogens is 2. The third kappa shape index (κ3) is 2.78. The molecule has 0 radical (unpaired) electrons. The van der Waals surface area contributed by atoms with Gasteiger partial charge in [0, 0.05) is 19.6 Å². The van der Waals surface area contributed by atoms with Gasteiger partial charge < -0.3 is 9.88 Å². The molecule has 0 saturated heterocycles. The molecule has 1 N–H and O–H groups in total. The van der Waals surface area contributed by atoms with Gasteiger partial charge in [0.1, 0.15) is 5.69 Å². The minimum Gasteiger partial charge on any atom is -0.308 e. The highest BCUT2D eigenvalue weighted by Gasteiger charge is 2.10. The summed E-state index contributed by atoms with van der Waals surface area (Å²) in [6.45, 7) is 2.54. The van der Waals surface area contributed by atoms with Crippen LogP contribution >= 0.6 is 0 Å². The fourth-order valence-electron chi connectivity index (χ4n) is 2.56. The molecule has 0 aliphatic carbocycles. The molecule has 4 nitrogen and oxygen atoms in total. The molecule has 3 aromatic rings. The van der Waals surface area contributed by atoms with Crippen molar-refractivity contribution in [1.82, 2.24) is 14.9 Å². The fraction of sp³-hybridized carbons (Fsp3) is 0.222. The summed E-state index contributed by atoms with van der Waals surface area (Å²) in [7, 11) is 1.79. The molecule has 1 heterocycles. The molecule has 0 spiro atoms. The highest BCUT2D eigenvalue weighted by atomic mass is 16.1. The Morgan fingerprint density at radius 2 is 1.77 bits per heavy atom. The van der Waals surface area contributed by atoms with Gasteiger partial charge in [-0.25, -0.2) is 4.98 Å². The molecule has 1 atom stereocenters. The molecule has 0 unspecified atom stereocenters. The number of fused-ring (bicyclic) bond motifs is 1. The quantitative estimate of drug-likeness (QED) is 0.804. The van der Waals surface area contributed by atoms with Crippen LogP contribution in [-0.2, 0) is 13.6 Å². The molecule has 4 heteroatoms. The molecular weight excluding hydrogens is 274 g/mol. The Labute approximate surface area is 129 Å². The van der Waals surface area contributed by atoms with Gasteiger partial charge in [0.05, 0.1) is 11.0 Å². The average molecular weight is 293 g/mol. The highest BCUT2D eigenvalue weighted by Crippen LogP contribution is 2.12. The summed E-state index contributed by atoms with van der Waals surface area (Å²) in [6.07, 6.45) is 0. The Kier molecular flexibility index (Phi) is 4.02. The van der Waals surface area contributed by atoms with Crippen molar-refractivity contribution in [2.75, 3.05) is 0 Å². The number of nitrogens with zero attached hydrogens (tertiary/aromatic N) is 2. The molecule has 0 amide bonds. The lowest BCUT2D eigenvalue weighted by Gasteiger charge is -2.14. The predicted octanol–water partition coefficient (Wildman–Crippen LogP) is 2.78. The molecule has 0 saturated carbocycles. The Morgan fingerprint density at radius 1 is 1.09 bits per heavy atom. The van der Waals surface area contributed by atoms with E-state index < -0.39 is 0 Å². The zero-order valence-corrected chi connectivity index (χ0v) is 12.8. The number of hydrogen-bond donors (Lipinski definition) is 1. The van der Waals surface area contributed by atoms with Crippen LogP contribution in [0, 0.1) is 0 Å². The summed E-state index contributed by atoms with van der Waals surface area (Å²) < 4.78 is 1.66. The third-order valence-corrected chi connectivity index (χ3v) is 3.93. The van der Waals surface area contributed by atoms with Gasteiger partial charge in [0.25, 0.3) is 5.56 Å². The lowest BCUT2D eigenvalue weighted by molar-refractivity contribution is 0.563. The van der Waals surface area contributed by atoms with Gasteiger partial charge >= 0.3 is 0 Å². The van der Waals surface area contributed by atoms with Crippen LogP contribution in [0.5, 0.6) is 0 Å². The molecule has 2 aromatic carbocycles. The Hall–Kier alpha value is -2.46. The molecule has 0 aliphatic rings. The first kappa shape index (κ1) is 14.5. The number of hydrogen-bond acceptors (Lipinski definition) is 3. The number of aryl methyl sites for hydroxylation is 1. The molecule has 22 heavy (non-hydrogen) atoms. The second-order valence-corrected chi connectivity index (χ2v) is 5.42. The summed E-state index contributed by atoms with van der Waals surface area (Å²) in [5.74, 6) is 0. The average Bonchev–Trinajstić information content (AvgIpc) is 2.57. The summed E-state index contributed by atoms with van der Waals surface area (Å²) in [5.41, 5.74) is 3.39. The molecule has 3 rings (SSSR count). The van der Waals surface area contributed by atoms with Gasteiger partial charge in [-0.2, -0.15) is 0 Å². The zero-order chi connectivity index (χ0) is 15.5. The number of para-hydroxylation sites is 2. The number of rotatable bonds is 4. The van der Waals surface area contributed by atoms with Gasteiger partial charge in [0.15, 0.2) is 0 Å². The normalized spacial score (nSPS) is 12.5. The van der Waals surface area contributed by atoms with E-state index in [1.807, 2.05) is 42.5 Å². The van der Waals surface area contributed by atoms with Gasteiger partial charge in [-0.05, 0) is 24.6 Å². The number of nitrogens with one attached hydrogen (secondary N) is 1. The van der Waals surface area contributed by atoms with Crippen molar-refractivity contribution in [2.45, 2.75) is 19.5 Å². The smallest absolute Gasteiger partial charge is 0.273 e. The topological polar surface area (TPSA) is 46.9 Å². The maximum absolute atomic E-state index is 12.4. The second-order valence-electron chi connectivity index (χ2n) is 5.42. The second kappa shape index (κ2) is 6.12. The van der Waals surface area contributed by atoms with Crippen molar-refractivity contribution in [2.24, 2.45) is 7.05 Å². The Balaban J connectivity index is 1.85. The third-order valence-electron chi connectivity index (χ3n) is 3.93. The van der Waals surface area contributed by atoms with Gasteiger partial charge in [-0.1, -0.05) is 42.5 Å². The summed E-state index contributed by atoms with van der Waals surface area (Å²) >= 11 is 0. The van der Waals surface area contributed by atoms with Crippen molar-refractivity contribution in [3.8, 4) is 0 Å². The van der Waals surface area contributed by atoms with E-state index in [1.54, 1.807) is 11.6 Å². The van der Waals surface area contributed by atoms with E-state index in [9.17, 15) is 4.79 Å². The van der Waals surface area contributed by atoms with Crippen LogP contribution in [-0.4, -0.2) is 9.55 Å². The van der Waals surface area contributed by atoms with Crippen LogP contribution in [0.3, 0.4) is 0 Å². The van der Waals surface area contributed by atoms with Crippen LogP contribution in [0.2, 0.25) is 0 Å². The first-order valence-corrected chi connectivity index (χ1v) is 7.40. The van der Waals surface area contributed by atoms with Crippen molar-refractivity contribution < 1.29 is 0 Å². The van der Waals surface area contributed by atoms with Crippen molar-refractivity contribution in [1.29, 1.82) is 0 Å². The standard InChI is InChI=1S/C18H19N3O/c1-13(14-8-4-3-5-9-14)19-12-16-18(22)21(2)17-11-7-6-10-15(17)20-16/h3-11,13,19H,12H2,1-2H3/t13-/m0/s1. The molecular formula is C18H19N3O. The van der Waals surface area contributed by atoms with E-state index in [-0.39, 0.29) is 11.6 Å². The maximum atomic E-state index is 12.4. The molecule has 0 bridgehead atoms. The van der Waals surface area contributed by atoms with Gasteiger partial charge in [-0.15, -0.1) is 0 Å². The number of benzene rings is 2. The SMILES string of the molecule is C[C@H](NCc1nc2ccccc2n(C)c1=O)c1ccccc1. The minimum absolute atomic E-state index is 0.0496. The van der Waals surface area contributed by atoms with Crippen LogP contribution in [0.25, 0.3) is 11.0 Å². The van der Waals surface area contributed by atoms with E-state index in [0.29, 0.717) is 12.2 Å². The van der Waals surface area contributed by atoms with Crippen LogP contribution in [0.1, 0.15) is 24.2 Å². The summed E-state index contributed by atoms with van der Waals surface area (Å²) in [5, 5.41) is 3.37. The van der Waals surface area contributed by atoms with Crippen LogP contribution in [0.15, 0.2) is 59.4 Å². The zero-order valence-electron chi connectivity index (χ0n) is 12.8. The summed E-state index contributed by atoms with van der Waals surface area (Å²) in [4.78, 5) is 16.9. The van der Waals surface area contributed by atoms with Crippen molar-refractivity contribution >= 4 is 11.0 Å². The van der Waals surface area contributed by atoms with Crippen molar-refractivity contribution in [3.63, 3.8) is 0 Å². The Bertz CT molecular complexity index is 840.